The molecule has 4 nitrogen and oxygen atoms in total. The van der Waals surface area contributed by atoms with Crippen LogP contribution in [0, 0.1) is 0 Å². The number of hydrogen-bond donors (Lipinski definition) is 2. The highest BCUT2D eigenvalue weighted by atomic mass is 79.9. The Balaban J connectivity index is 1.73. The van der Waals surface area contributed by atoms with E-state index in [-0.39, 0.29) is 0 Å². The number of hydrogen-bond acceptors (Lipinski definition) is 3. The fraction of sp³-hybridized carbons (Fsp3) is 0.462. The first kappa shape index (κ1) is 14.4. The maximum Gasteiger partial charge on any atom is 0.172 e. The van der Waals surface area contributed by atoms with Gasteiger partial charge in [-0.1, -0.05) is 11.6 Å². The highest BCUT2D eigenvalue weighted by molar-refractivity contribution is 9.10. The third-order valence-electron chi connectivity index (χ3n) is 3.02. The van der Waals surface area contributed by atoms with E-state index >= 15 is 0 Å². The molecule has 1 aliphatic rings. The molecule has 1 heterocycles. The van der Waals surface area contributed by atoms with E-state index in [1.54, 1.807) is 11.8 Å². The van der Waals surface area contributed by atoms with Crippen LogP contribution in [-0.2, 0) is 0 Å². The molecule has 0 unspecified atom stereocenters. The Morgan fingerprint density at radius 1 is 1.42 bits per heavy atom. The van der Waals surface area contributed by atoms with Crippen LogP contribution < -0.4 is 10.6 Å². The first-order chi connectivity index (χ1) is 9.25. The smallest absolute Gasteiger partial charge is 0.172 e. The molecule has 1 aromatic heterocycles. The Bertz CT molecular complexity index is 475. The van der Waals surface area contributed by atoms with Crippen molar-refractivity contribution in [2.45, 2.75) is 32.1 Å². The van der Waals surface area contributed by atoms with Gasteiger partial charge in [0.2, 0.25) is 0 Å². The van der Waals surface area contributed by atoms with Gasteiger partial charge >= 0.3 is 0 Å². The van der Waals surface area contributed by atoms with Crippen LogP contribution in [0.25, 0.3) is 0 Å². The van der Waals surface area contributed by atoms with Gasteiger partial charge in [0.15, 0.2) is 10.9 Å². The van der Waals surface area contributed by atoms with Crippen molar-refractivity contribution in [1.29, 1.82) is 0 Å². The molecule has 102 valence electrons. The zero-order chi connectivity index (χ0) is 13.5. The summed E-state index contributed by atoms with van der Waals surface area (Å²) in [7, 11) is 0. The SMILES string of the molecule is S=C(NCCC1=CCCCC1)Nc1nnccc1Br. The normalized spacial score (nSPS) is 14.7. The molecule has 0 radical (unpaired) electrons. The number of nitrogens with one attached hydrogen (secondary N) is 2. The number of rotatable bonds is 4. The molecule has 0 aliphatic heterocycles. The van der Waals surface area contributed by atoms with E-state index in [0.717, 1.165) is 17.4 Å². The van der Waals surface area contributed by atoms with Crippen LogP contribution in [0.5, 0.6) is 0 Å². The van der Waals surface area contributed by atoms with Gasteiger partial charge in [-0.25, -0.2) is 0 Å². The predicted octanol–water partition coefficient (Wildman–Crippen LogP) is 3.42. The molecule has 1 aromatic rings. The lowest BCUT2D eigenvalue weighted by Crippen LogP contribution is -2.30. The number of thiocarbonyl (C=S) groups is 1. The minimum Gasteiger partial charge on any atom is -0.362 e. The summed E-state index contributed by atoms with van der Waals surface area (Å²) in [5.74, 6) is 0.636. The van der Waals surface area contributed by atoms with Crippen LogP contribution in [0.4, 0.5) is 5.82 Å². The lowest BCUT2D eigenvalue weighted by molar-refractivity contribution is 0.669. The average Bonchev–Trinajstić information content (AvgIpc) is 2.43. The molecule has 2 N–H and O–H groups in total. The summed E-state index contributed by atoms with van der Waals surface area (Å²) >= 11 is 8.63. The van der Waals surface area contributed by atoms with Crippen LogP contribution in [0.15, 0.2) is 28.4 Å². The van der Waals surface area contributed by atoms with Crippen molar-refractivity contribution in [3.63, 3.8) is 0 Å². The molecule has 0 saturated carbocycles. The van der Waals surface area contributed by atoms with E-state index in [9.17, 15) is 0 Å². The van der Waals surface area contributed by atoms with Gasteiger partial charge in [0.25, 0.3) is 0 Å². The van der Waals surface area contributed by atoms with E-state index in [0.29, 0.717) is 10.9 Å². The topological polar surface area (TPSA) is 49.8 Å². The third-order valence-corrected chi connectivity index (χ3v) is 3.91. The van der Waals surface area contributed by atoms with Crippen LogP contribution >= 0.6 is 28.1 Å². The highest BCUT2D eigenvalue weighted by Crippen LogP contribution is 2.19. The lowest BCUT2D eigenvalue weighted by atomic mass is 9.97. The Labute approximate surface area is 127 Å². The standard InChI is InChI=1S/C13H17BrN4S/c14-11-7-9-16-18-12(11)17-13(19)15-8-6-10-4-2-1-3-5-10/h4,7,9H,1-3,5-6,8H2,(H2,15,17,18,19). The largest absolute Gasteiger partial charge is 0.362 e. The maximum absolute atomic E-state index is 5.23. The molecular weight excluding hydrogens is 324 g/mol. The summed E-state index contributed by atoms with van der Waals surface area (Å²) in [6.07, 6.45) is 10.2. The monoisotopic (exact) mass is 340 g/mol. The zero-order valence-electron chi connectivity index (χ0n) is 10.7. The van der Waals surface area contributed by atoms with Crippen molar-refractivity contribution in [3.05, 3.63) is 28.4 Å². The predicted molar refractivity (Wildman–Crippen MR) is 85.1 cm³/mol. The molecule has 0 bridgehead atoms. The fourth-order valence-electron chi connectivity index (χ4n) is 2.02. The number of anilines is 1. The zero-order valence-corrected chi connectivity index (χ0v) is 13.1. The minimum atomic E-state index is 0.581. The fourth-order valence-corrected chi connectivity index (χ4v) is 2.52. The summed E-state index contributed by atoms with van der Waals surface area (Å²) in [4.78, 5) is 0. The van der Waals surface area contributed by atoms with Crippen LogP contribution in [0.1, 0.15) is 32.1 Å². The molecule has 0 amide bonds. The Hall–Kier alpha value is -1.01. The van der Waals surface area contributed by atoms with Gasteiger partial charge in [0, 0.05) is 6.54 Å². The van der Waals surface area contributed by atoms with Gasteiger partial charge in [-0.2, -0.15) is 5.10 Å². The van der Waals surface area contributed by atoms with Crippen LogP contribution in [-0.4, -0.2) is 21.9 Å². The third kappa shape index (κ3) is 4.87. The molecule has 0 spiro atoms. The average molecular weight is 341 g/mol. The first-order valence-corrected chi connectivity index (χ1v) is 7.66. The second-order valence-electron chi connectivity index (χ2n) is 4.47. The molecule has 1 aliphatic carbocycles. The van der Waals surface area contributed by atoms with Crippen molar-refractivity contribution in [1.82, 2.24) is 15.5 Å². The number of allylic oxidation sites excluding steroid dienone is 1. The van der Waals surface area contributed by atoms with E-state index in [1.165, 1.54) is 25.7 Å². The second-order valence-corrected chi connectivity index (χ2v) is 5.73. The van der Waals surface area contributed by atoms with Gasteiger partial charge in [-0.3, -0.25) is 0 Å². The first-order valence-electron chi connectivity index (χ1n) is 6.45. The maximum atomic E-state index is 5.23. The van der Waals surface area contributed by atoms with Gasteiger partial charge in [0.05, 0.1) is 10.7 Å². The molecule has 2 rings (SSSR count). The Morgan fingerprint density at radius 2 is 2.32 bits per heavy atom. The van der Waals surface area contributed by atoms with Crippen LogP contribution in [0.2, 0.25) is 0 Å². The lowest BCUT2D eigenvalue weighted by Gasteiger charge is -2.14. The number of halogens is 1. The summed E-state index contributed by atoms with van der Waals surface area (Å²) in [6.45, 7) is 0.857. The quantitative estimate of drug-likeness (QED) is 0.649. The van der Waals surface area contributed by atoms with Gasteiger partial charge < -0.3 is 10.6 Å². The van der Waals surface area contributed by atoms with Gasteiger partial charge in [-0.05, 0) is 66.3 Å². The van der Waals surface area contributed by atoms with E-state index < -0.39 is 0 Å². The van der Waals surface area contributed by atoms with E-state index in [1.807, 2.05) is 6.07 Å². The molecule has 19 heavy (non-hydrogen) atoms. The molecule has 6 heteroatoms. The van der Waals surface area contributed by atoms with E-state index in [2.05, 4.69) is 42.8 Å². The Morgan fingerprint density at radius 3 is 3.05 bits per heavy atom. The van der Waals surface area contributed by atoms with Crippen LogP contribution in [0.3, 0.4) is 0 Å². The molecular formula is C13H17BrN4S. The summed E-state index contributed by atoms with van der Waals surface area (Å²) in [6, 6.07) is 1.82. The summed E-state index contributed by atoms with van der Waals surface area (Å²) in [5.41, 5.74) is 1.54. The van der Waals surface area contributed by atoms with Gasteiger partial charge in [0.1, 0.15) is 0 Å². The Kier molecular flexibility index (Phi) is 5.72. The summed E-state index contributed by atoms with van der Waals surface area (Å²) < 4.78 is 0.849. The highest BCUT2D eigenvalue weighted by Gasteiger charge is 2.05. The van der Waals surface area contributed by atoms with Crippen molar-refractivity contribution in [2.24, 2.45) is 0 Å². The van der Waals surface area contributed by atoms with Crippen molar-refractivity contribution in [3.8, 4) is 0 Å². The van der Waals surface area contributed by atoms with Gasteiger partial charge in [-0.15, -0.1) is 5.10 Å². The number of aromatic nitrogens is 2. The second kappa shape index (κ2) is 7.55. The molecule has 0 aromatic carbocycles. The van der Waals surface area contributed by atoms with Crippen molar-refractivity contribution in [2.75, 3.05) is 11.9 Å². The molecule has 0 atom stereocenters. The van der Waals surface area contributed by atoms with Crippen molar-refractivity contribution >= 4 is 39.1 Å². The number of nitrogens with zero attached hydrogens (tertiary/aromatic N) is 2. The molecule has 0 fully saturated rings. The minimum absolute atomic E-state index is 0.581. The summed E-state index contributed by atoms with van der Waals surface area (Å²) in [5, 5.41) is 14.6. The van der Waals surface area contributed by atoms with E-state index in [4.69, 9.17) is 12.2 Å². The molecule has 0 saturated heterocycles. The van der Waals surface area contributed by atoms with Crippen molar-refractivity contribution < 1.29 is 0 Å².